The molecule has 0 bridgehead atoms. The maximum atomic E-state index is 11.1. The first kappa shape index (κ1) is 16.8. The lowest BCUT2D eigenvalue weighted by atomic mass is 10.5. The first-order chi connectivity index (χ1) is 8.66. The van der Waals surface area contributed by atoms with Crippen LogP contribution < -0.4 is 11.1 Å². The molecule has 0 aromatic carbocycles. The Morgan fingerprint density at radius 2 is 1.67 bits per heavy atom. The monoisotopic (exact) mass is 262 g/mol. The van der Waals surface area contributed by atoms with E-state index >= 15 is 0 Å². The number of nitrogens with one attached hydrogen (secondary N) is 1. The second-order valence-corrected chi connectivity index (χ2v) is 3.53. The van der Waals surface area contributed by atoms with E-state index in [-0.39, 0.29) is 19.1 Å². The molecule has 0 spiro atoms. The minimum absolute atomic E-state index is 0.178. The summed E-state index contributed by atoms with van der Waals surface area (Å²) in [5.74, 6) is -0.903. The fourth-order valence-electron chi connectivity index (χ4n) is 1.02. The van der Waals surface area contributed by atoms with E-state index in [1.54, 1.807) is 0 Å². The van der Waals surface area contributed by atoms with Gasteiger partial charge in [0.1, 0.15) is 13.2 Å². The molecule has 0 saturated heterocycles. The van der Waals surface area contributed by atoms with Crippen molar-refractivity contribution >= 4 is 11.8 Å². The standard InChI is InChI=1S/C11H22N2O5/c1-2-4-16-6-7-17-5-3-13-11(15)9-18-8-10(12)14/h2-9H2,1H3,(H2,12,14)(H,13,15). The summed E-state index contributed by atoms with van der Waals surface area (Å²) in [6, 6.07) is 0. The Kier molecular flexibility index (Phi) is 11.5. The topological polar surface area (TPSA) is 99.9 Å². The van der Waals surface area contributed by atoms with Crippen molar-refractivity contribution in [3.63, 3.8) is 0 Å². The number of amides is 2. The van der Waals surface area contributed by atoms with Crippen LogP contribution in [-0.4, -0.2) is 58.0 Å². The second kappa shape index (κ2) is 12.3. The van der Waals surface area contributed by atoms with Gasteiger partial charge in [-0.2, -0.15) is 0 Å². The van der Waals surface area contributed by atoms with Crippen molar-refractivity contribution < 1.29 is 23.8 Å². The summed E-state index contributed by atoms with van der Waals surface area (Å²) in [6.07, 6.45) is 0.987. The Morgan fingerprint density at radius 1 is 1.00 bits per heavy atom. The number of carbonyl (C=O) groups excluding carboxylic acids is 2. The number of primary amides is 1. The zero-order valence-corrected chi connectivity index (χ0v) is 10.8. The number of carbonyl (C=O) groups is 2. The van der Waals surface area contributed by atoms with Gasteiger partial charge in [0.2, 0.25) is 11.8 Å². The SMILES string of the molecule is CCCOCCOCCNC(=O)COCC(N)=O. The quantitative estimate of drug-likeness (QED) is 0.442. The van der Waals surface area contributed by atoms with Crippen LogP contribution in [0.4, 0.5) is 0 Å². The van der Waals surface area contributed by atoms with Crippen molar-refractivity contribution in [3.05, 3.63) is 0 Å². The van der Waals surface area contributed by atoms with Crippen LogP contribution in [0.2, 0.25) is 0 Å². The predicted octanol–water partition coefficient (Wildman–Crippen LogP) is -0.952. The van der Waals surface area contributed by atoms with Gasteiger partial charge in [-0.05, 0) is 6.42 Å². The summed E-state index contributed by atoms with van der Waals surface area (Å²) in [5.41, 5.74) is 4.84. The minimum Gasteiger partial charge on any atom is -0.379 e. The second-order valence-electron chi connectivity index (χ2n) is 3.53. The van der Waals surface area contributed by atoms with Gasteiger partial charge in [0.25, 0.3) is 0 Å². The Balaban J connectivity index is 3.17. The van der Waals surface area contributed by atoms with Crippen LogP contribution in [0.25, 0.3) is 0 Å². The van der Waals surface area contributed by atoms with Crippen LogP contribution in [0.1, 0.15) is 13.3 Å². The van der Waals surface area contributed by atoms with Gasteiger partial charge in [0.05, 0.1) is 19.8 Å². The van der Waals surface area contributed by atoms with Crippen LogP contribution in [0.3, 0.4) is 0 Å². The third-order valence-electron chi connectivity index (χ3n) is 1.77. The average Bonchev–Trinajstić information content (AvgIpc) is 2.32. The summed E-state index contributed by atoms with van der Waals surface area (Å²) in [4.78, 5) is 21.5. The van der Waals surface area contributed by atoms with Crippen molar-refractivity contribution in [2.75, 3.05) is 46.2 Å². The van der Waals surface area contributed by atoms with Crippen LogP contribution in [0.5, 0.6) is 0 Å². The number of hydrogen-bond donors (Lipinski definition) is 2. The Bertz CT molecular complexity index is 235. The van der Waals surface area contributed by atoms with Crippen LogP contribution in [0.15, 0.2) is 0 Å². The van der Waals surface area contributed by atoms with E-state index in [0.29, 0.717) is 26.4 Å². The fraction of sp³-hybridized carbons (Fsp3) is 0.818. The van der Waals surface area contributed by atoms with Gasteiger partial charge in [-0.3, -0.25) is 9.59 Å². The van der Waals surface area contributed by atoms with Gasteiger partial charge in [-0.25, -0.2) is 0 Å². The number of rotatable bonds is 12. The van der Waals surface area contributed by atoms with Crippen molar-refractivity contribution in [2.45, 2.75) is 13.3 Å². The molecule has 0 aliphatic heterocycles. The Hall–Kier alpha value is -1.18. The van der Waals surface area contributed by atoms with E-state index in [0.717, 1.165) is 13.0 Å². The number of nitrogens with two attached hydrogens (primary N) is 1. The van der Waals surface area contributed by atoms with E-state index in [1.165, 1.54) is 0 Å². The molecular formula is C11H22N2O5. The molecular weight excluding hydrogens is 240 g/mol. The van der Waals surface area contributed by atoms with Crippen molar-refractivity contribution in [3.8, 4) is 0 Å². The van der Waals surface area contributed by atoms with Crippen LogP contribution >= 0.6 is 0 Å². The molecule has 3 N–H and O–H groups in total. The lowest BCUT2D eigenvalue weighted by Crippen LogP contribution is -2.32. The third kappa shape index (κ3) is 12.9. The Labute approximate surface area is 107 Å². The molecule has 0 rings (SSSR count). The molecule has 0 fully saturated rings. The van der Waals surface area contributed by atoms with Crippen LogP contribution in [-0.2, 0) is 23.8 Å². The molecule has 0 aliphatic rings. The van der Waals surface area contributed by atoms with Crippen molar-refractivity contribution in [1.82, 2.24) is 5.32 Å². The molecule has 0 saturated carbocycles. The van der Waals surface area contributed by atoms with Gasteiger partial charge in [-0.1, -0.05) is 6.92 Å². The summed E-state index contributed by atoms with van der Waals surface area (Å²) in [6.45, 7) is 4.22. The molecule has 0 atom stereocenters. The highest BCUT2D eigenvalue weighted by molar-refractivity contribution is 5.78. The van der Waals surface area contributed by atoms with Gasteiger partial charge in [0, 0.05) is 13.2 Å². The fourth-order valence-corrected chi connectivity index (χ4v) is 1.02. The highest BCUT2D eigenvalue weighted by Gasteiger charge is 2.01. The van der Waals surface area contributed by atoms with Gasteiger partial charge in [-0.15, -0.1) is 0 Å². The zero-order chi connectivity index (χ0) is 13.6. The smallest absolute Gasteiger partial charge is 0.246 e. The summed E-state index contributed by atoms with van der Waals surface area (Å²) in [5, 5.41) is 2.58. The van der Waals surface area contributed by atoms with Gasteiger partial charge < -0.3 is 25.3 Å². The zero-order valence-electron chi connectivity index (χ0n) is 10.8. The third-order valence-corrected chi connectivity index (χ3v) is 1.77. The Morgan fingerprint density at radius 3 is 2.28 bits per heavy atom. The number of ether oxygens (including phenoxy) is 3. The van der Waals surface area contributed by atoms with E-state index in [1.807, 2.05) is 6.92 Å². The summed E-state index contributed by atoms with van der Waals surface area (Å²) >= 11 is 0. The van der Waals surface area contributed by atoms with Crippen LogP contribution in [0, 0.1) is 0 Å². The highest BCUT2D eigenvalue weighted by Crippen LogP contribution is 1.81. The van der Waals surface area contributed by atoms with Crippen molar-refractivity contribution in [2.24, 2.45) is 5.73 Å². The first-order valence-electron chi connectivity index (χ1n) is 5.95. The molecule has 7 heteroatoms. The average molecular weight is 262 g/mol. The molecule has 0 heterocycles. The van der Waals surface area contributed by atoms with Gasteiger partial charge >= 0.3 is 0 Å². The van der Waals surface area contributed by atoms with E-state index < -0.39 is 5.91 Å². The maximum Gasteiger partial charge on any atom is 0.246 e. The molecule has 0 radical (unpaired) electrons. The predicted molar refractivity (Wildman–Crippen MR) is 65.0 cm³/mol. The normalized spacial score (nSPS) is 10.3. The molecule has 0 aliphatic carbocycles. The van der Waals surface area contributed by atoms with Crippen molar-refractivity contribution in [1.29, 1.82) is 0 Å². The molecule has 0 unspecified atom stereocenters. The molecule has 106 valence electrons. The molecule has 2 amide bonds. The summed E-state index contributed by atoms with van der Waals surface area (Å²) in [7, 11) is 0. The molecule has 0 aromatic heterocycles. The first-order valence-corrected chi connectivity index (χ1v) is 5.95. The largest absolute Gasteiger partial charge is 0.379 e. The number of hydrogen-bond acceptors (Lipinski definition) is 5. The molecule has 0 aromatic rings. The maximum absolute atomic E-state index is 11.1. The lowest BCUT2D eigenvalue weighted by molar-refractivity contribution is -0.129. The lowest BCUT2D eigenvalue weighted by Gasteiger charge is -2.07. The van der Waals surface area contributed by atoms with Gasteiger partial charge in [0.15, 0.2) is 0 Å². The highest BCUT2D eigenvalue weighted by atomic mass is 16.5. The van der Waals surface area contributed by atoms with E-state index in [2.05, 4.69) is 5.32 Å². The minimum atomic E-state index is -0.599. The van der Waals surface area contributed by atoms with E-state index in [9.17, 15) is 9.59 Å². The molecule has 18 heavy (non-hydrogen) atoms. The van der Waals surface area contributed by atoms with E-state index in [4.69, 9.17) is 19.9 Å². The summed E-state index contributed by atoms with van der Waals surface area (Å²) < 4.78 is 15.2. The molecule has 7 nitrogen and oxygen atoms in total.